The van der Waals surface area contributed by atoms with Crippen LogP contribution in [0, 0.1) is 10.1 Å². The van der Waals surface area contributed by atoms with Gasteiger partial charge in [0.1, 0.15) is 4.90 Å². The van der Waals surface area contributed by atoms with Crippen molar-refractivity contribution in [3.63, 3.8) is 0 Å². The molecule has 0 spiro atoms. The van der Waals surface area contributed by atoms with E-state index >= 15 is 0 Å². The molecule has 11 heteroatoms. The van der Waals surface area contributed by atoms with Gasteiger partial charge in [-0.2, -0.15) is 0 Å². The van der Waals surface area contributed by atoms with E-state index in [1.807, 2.05) is 0 Å². The highest BCUT2D eigenvalue weighted by Crippen LogP contribution is 2.30. The Balaban J connectivity index is 0.000000352. The quantitative estimate of drug-likeness (QED) is 0.260. The molecule has 1 heterocycles. The molecule has 120 valence electrons. The minimum Gasteiger partial charge on any atom is -0.483 e. The van der Waals surface area contributed by atoms with Crippen molar-refractivity contribution in [3.05, 3.63) is 34.4 Å². The van der Waals surface area contributed by atoms with Gasteiger partial charge in [0, 0.05) is 18.9 Å². The number of carboxylic acid groups (broad SMARTS) is 1. The lowest BCUT2D eigenvalue weighted by Gasteiger charge is -1.97. The van der Waals surface area contributed by atoms with E-state index in [2.05, 4.69) is 16.1 Å². The normalized spacial score (nSPS) is 12.7. The number of amides is 2. The second-order valence-electron chi connectivity index (χ2n) is 3.48. The Hall–Kier alpha value is -1.65. The molecule has 0 unspecified atom stereocenters. The lowest BCUT2D eigenvalue weighted by molar-refractivity contribution is -0.387. The summed E-state index contributed by atoms with van der Waals surface area (Å²) in [6, 6.07) is 6.34. The van der Waals surface area contributed by atoms with E-state index < -0.39 is 4.92 Å². The van der Waals surface area contributed by atoms with Gasteiger partial charge in [-0.15, -0.1) is 0 Å². The van der Waals surface area contributed by atoms with Crippen LogP contribution in [0.25, 0.3) is 0 Å². The summed E-state index contributed by atoms with van der Waals surface area (Å²) >= 11 is 2.80. The van der Waals surface area contributed by atoms with E-state index in [-0.39, 0.29) is 24.0 Å². The van der Waals surface area contributed by atoms with Crippen molar-refractivity contribution >= 4 is 61.8 Å². The van der Waals surface area contributed by atoms with Crippen molar-refractivity contribution in [2.75, 3.05) is 0 Å². The van der Waals surface area contributed by atoms with Gasteiger partial charge < -0.3 is 5.11 Å². The molecule has 0 atom stereocenters. The number of carbonyl (C=O) groups excluding carboxylic acids is 2. The number of benzene rings is 1. The van der Waals surface area contributed by atoms with Crippen LogP contribution < -0.4 is 0 Å². The largest absolute Gasteiger partial charge is 0.483 e. The van der Waals surface area contributed by atoms with Crippen LogP contribution in [-0.2, 0) is 14.4 Å². The maximum absolute atomic E-state index is 10.4. The van der Waals surface area contributed by atoms with E-state index in [0.717, 1.165) is 14.9 Å². The number of nitro groups is 1. The molecule has 1 aliphatic rings. The van der Waals surface area contributed by atoms with E-state index in [4.69, 9.17) is 20.6 Å². The monoisotopic (exact) mass is 412 g/mol. The van der Waals surface area contributed by atoms with Crippen molar-refractivity contribution < 1.29 is 24.4 Å². The van der Waals surface area contributed by atoms with Crippen LogP contribution in [0.1, 0.15) is 12.8 Å². The summed E-state index contributed by atoms with van der Waals surface area (Å²) in [6.45, 7) is -0.250. The van der Waals surface area contributed by atoms with Crippen molar-refractivity contribution in [1.82, 2.24) is 3.93 Å². The molecule has 8 nitrogen and oxygen atoms in total. The Kier molecular flexibility index (Phi) is 10.2. The van der Waals surface area contributed by atoms with E-state index in [0.29, 0.717) is 17.7 Å². The molecule has 2 rings (SSSR count). The molecule has 0 bridgehead atoms. The smallest absolute Gasteiger partial charge is 0.290 e. The number of para-hydroxylation sites is 1. The van der Waals surface area contributed by atoms with Crippen LogP contribution in [0.2, 0.25) is 0 Å². The van der Waals surface area contributed by atoms with Crippen LogP contribution in [-0.4, -0.2) is 32.2 Å². The molecule has 0 aromatic heterocycles. The lowest BCUT2D eigenvalue weighted by Crippen LogP contribution is -2.16. The fourth-order valence-corrected chi connectivity index (χ4v) is 2.32. The number of hydrogen-bond acceptors (Lipinski definition) is 6. The molecule has 1 saturated heterocycles. The van der Waals surface area contributed by atoms with Crippen LogP contribution in [0.3, 0.4) is 0 Å². The van der Waals surface area contributed by atoms with Crippen LogP contribution in [0.15, 0.2) is 29.2 Å². The highest BCUT2D eigenvalue weighted by molar-refractivity contribution is 9.08. The lowest BCUT2D eigenvalue weighted by atomic mass is 10.3. The summed E-state index contributed by atoms with van der Waals surface area (Å²) in [5.41, 5.74) is 0.0486. The number of carbonyl (C=O) groups is 3. The average Bonchev–Trinajstić information content (AvgIpc) is 2.80. The fraction of sp³-hybridized carbons (Fsp3) is 0.182. The molecule has 0 radical (unpaired) electrons. The Bertz CT molecular complexity index is 543. The number of rotatable bonds is 2. The molecule has 0 aliphatic carbocycles. The number of halogens is 2. The third-order valence-corrected chi connectivity index (χ3v) is 3.94. The zero-order valence-corrected chi connectivity index (χ0v) is 14.0. The Morgan fingerprint density at radius 3 is 2.05 bits per heavy atom. The predicted octanol–water partition coefficient (Wildman–Crippen LogP) is 2.99. The molecular formula is C11H10BrClN2O6S. The number of imide groups is 1. The van der Waals surface area contributed by atoms with Gasteiger partial charge in [0.05, 0.1) is 21.1 Å². The molecule has 22 heavy (non-hydrogen) atoms. The summed E-state index contributed by atoms with van der Waals surface area (Å²) in [5, 5.41) is 17.2. The van der Waals surface area contributed by atoms with Crippen LogP contribution >= 0.6 is 37.8 Å². The van der Waals surface area contributed by atoms with E-state index in [9.17, 15) is 19.7 Å². The van der Waals surface area contributed by atoms with Crippen molar-refractivity contribution in [3.8, 4) is 0 Å². The molecule has 1 aliphatic heterocycles. The summed E-state index contributed by atoms with van der Waals surface area (Å²) in [7, 11) is 6.24. The summed E-state index contributed by atoms with van der Waals surface area (Å²) < 4.78 is 0.979. The van der Waals surface area contributed by atoms with Gasteiger partial charge in [0.2, 0.25) is 11.8 Å². The van der Waals surface area contributed by atoms with Gasteiger partial charge in [-0.05, 0) is 27.7 Å². The van der Waals surface area contributed by atoms with Gasteiger partial charge >= 0.3 is 0 Å². The van der Waals surface area contributed by atoms with Gasteiger partial charge in [-0.25, -0.2) is 3.93 Å². The third-order valence-electron chi connectivity index (χ3n) is 2.14. The maximum Gasteiger partial charge on any atom is 0.290 e. The molecule has 1 fully saturated rings. The van der Waals surface area contributed by atoms with E-state index in [1.165, 1.54) is 6.07 Å². The summed E-state index contributed by atoms with van der Waals surface area (Å²) in [4.78, 5) is 39.6. The minimum absolute atomic E-state index is 0.0486. The molecule has 1 aromatic carbocycles. The molecule has 0 saturated carbocycles. The van der Waals surface area contributed by atoms with Crippen LogP contribution in [0.5, 0.6) is 0 Å². The third kappa shape index (κ3) is 6.87. The minimum atomic E-state index is -0.454. The Morgan fingerprint density at radius 1 is 1.32 bits per heavy atom. The second kappa shape index (κ2) is 11.0. The number of nitrogens with zero attached hydrogens (tertiary/aromatic N) is 2. The highest BCUT2D eigenvalue weighted by Gasteiger charge is 2.26. The highest BCUT2D eigenvalue weighted by atomic mass is 79.9. The first-order valence-corrected chi connectivity index (χ1v) is 7.85. The second-order valence-corrected chi connectivity index (χ2v) is 5.24. The fourth-order valence-electron chi connectivity index (χ4n) is 1.22. The van der Waals surface area contributed by atoms with Crippen molar-refractivity contribution in [2.24, 2.45) is 0 Å². The van der Waals surface area contributed by atoms with Crippen molar-refractivity contribution in [1.29, 1.82) is 0 Å². The van der Waals surface area contributed by atoms with Crippen molar-refractivity contribution in [2.45, 2.75) is 17.7 Å². The first-order chi connectivity index (χ1) is 10.4. The van der Waals surface area contributed by atoms with Gasteiger partial charge in [-0.3, -0.25) is 24.5 Å². The zero-order valence-electron chi connectivity index (χ0n) is 10.8. The average molecular weight is 414 g/mol. The number of hydrogen-bond donors (Lipinski definition) is 1. The van der Waals surface area contributed by atoms with Crippen LogP contribution in [0.4, 0.5) is 5.69 Å². The summed E-state index contributed by atoms with van der Waals surface area (Å²) in [5.74, 6) is -0.287. The molecule has 2 amide bonds. The zero-order chi connectivity index (χ0) is 17.1. The van der Waals surface area contributed by atoms with Gasteiger partial charge in [0.25, 0.3) is 12.2 Å². The SMILES string of the molecule is O=C1CCC(=O)N1Br.O=CO.O=[N+]([O-])c1ccccc1SCl. The van der Waals surface area contributed by atoms with Gasteiger partial charge in [0.15, 0.2) is 0 Å². The maximum atomic E-state index is 10.4. The molecular weight excluding hydrogens is 404 g/mol. The van der Waals surface area contributed by atoms with Gasteiger partial charge in [-0.1, -0.05) is 12.1 Å². The summed E-state index contributed by atoms with van der Waals surface area (Å²) in [6.07, 6.45) is 0.703. The predicted molar refractivity (Wildman–Crippen MR) is 83.5 cm³/mol. The molecule has 1 aromatic rings. The first-order valence-electron chi connectivity index (χ1n) is 5.50. The standard InChI is InChI=1S/C6H4ClNO2S.C4H4BrNO2.CH2O2/c7-11-6-4-2-1-3-5(6)8(9)10;5-6-3(7)1-2-4(6)8;2-1-3/h1-4H;1-2H2;1H,(H,2,3). The topological polar surface area (TPSA) is 118 Å². The number of nitro benzene ring substituents is 1. The Morgan fingerprint density at radius 2 is 1.77 bits per heavy atom. The molecule has 1 N–H and O–H groups in total. The van der Waals surface area contributed by atoms with E-state index in [1.54, 1.807) is 18.2 Å². The first kappa shape index (κ1) is 20.3. The Labute approximate surface area is 142 Å².